The number of hydrogen-bond acceptors (Lipinski definition) is 3. The summed E-state index contributed by atoms with van der Waals surface area (Å²) < 4.78 is 33.9. The van der Waals surface area contributed by atoms with Crippen molar-refractivity contribution in [1.82, 2.24) is 5.32 Å². The van der Waals surface area contributed by atoms with Crippen LogP contribution in [-0.2, 0) is 11.3 Å². The van der Waals surface area contributed by atoms with Gasteiger partial charge in [0.25, 0.3) is 0 Å². The van der Waals surface area contributed by atoms with Gasteiger partial charge in [-0.3, -0.25) is 0 Å². The van der Waals surface area contributed by atoms with E-state index in [4.69, 9.17) is 10.5 Å². The molecule has 5 nitrogen and oxygen atoms in total. The smallest absolute Gasteiger partial charge is 0.387 e. The maximum absolute atomic E-state index is 12.2. The van der Waals surface area contributed by atoms with E-state index in [-0.39, 0.29) is 24.3 Å². The minimum atomic E-state index is -2.86. The van der Waals surface area contributed by atoms with Crippen molar-refractivity contribution in [3.63, 3.8) is 0 Å². The Morgan fingerprint density at radius 1 is 1.40 bits per heavy atom. The van der Waals surface area contributed by atoms with Crippen LogP contribution >= 0.6 is 0 Å². The Labute approximate surface area is 116 Å². The number of nitrogens with two attached hydrogens (primary N) is 1. The van der Waals surface area contributed by atoms with Gasteiger partial charge in [-0.15, -0.1) is 0 Å². The van der Waals surface area contributed by atoms with E-state index < -0.39 is 6.61 Å². The standard InChI is InChI=1S/C13H19F2N3O2/c1-9(8-19-2)18-13(16)17-7-10-5-3-4-6-11(10)20-12(14)15/h3-6,9,12H,7-8H2,1-2H3,(H3,16,17,18). The SMILES string of the molecule is COCC(C)NC(N)=NCc1ccccc1OC(F)F. The first-order valence-corrected chi connectivity index (χ1v) is 6.11. The predicted octanol–water partition coefficient (Wildman–Crippen LogP) is 1.73. The van der Waals surface area contributed by atoms with Crippen molar-refractivity contribution in [2.75, 3.05) is 13.7 Å². The highest BCUT2D eigenvalue weighted by atomic mass is 19.3. The number of benzene rings is 1. The molecule has 1 unspecified atom stereocenters. The molecule has 1 aromatic rings. The normalized spacial score (nSPS) is 13.3. The molecule has 1 atom stereocenters. The van der Waals surface area contributed by atoms with Crippen LogP contribution < -0.4 is 15.8 Å². The van der Waals surface area contributed by atoms with E-state index in [1.807, 2.05) is 6.92 Å². The monoisotopic (exact) mass is 287 g/mol. The molecule has 3 N–H and O–H groups in total. The van der Waals surface area contributed by atoms with E-state index in [0.29, 0.717) is 12.2 Å². The van der Waals surface area contributed by atoms with Gasteiger partial charge in [-0.2, -0.15) is 8.78 Å². The lowest BCUT2D eigenvalue weighted by Gasteiger charge is -2.13. The third-order valence-electron chi connectivity index (χ3n) is 2.42. The van der Waals surface area contributed by atoms with E-state index in [2.05, 4.69) is 15.0 Å². The third kappa shape index (κ3) is 5.83. The average molecular weight is 287 g/mol. The summed E-state index contributed by atoms with van der Waals surface area (Å²) in [5.74, 6) is 0.324. The maximum atomic E-state index is 12.2. The second-order valence-corrected chi connectivity index (χ2v) is 4.19. The highest BCUT2D eigenvalue weighted by Crippen LogP contribution is 2.20. The molecule has 0 fully saturated rings. The van der Waals surface area contributed by atoms with Gasteiger partial charge in [-0.05, 0) is 13.0 Å². The van der Waals surface area contributed by atoms with E-state index in [1.165, 1.54) is 6.07 Å². The van der Waals surface area contributed by atoms with Crippen LogP contribution in [0.2, 0.25) is 0 Å². The van der Waals surface area contributed by atoms with E-state index in [0.717, 1.165) is 0 Å². The van der Waals surface area contributed by atoms with Crippen molar-refractivity contribution in [2.45, 2.75) is 26.1 Å². The molecule has 0 spiro atoms. The molecule has 0 bridgehead atoms. The zero-order chi connectivity index (χ0) is 15.0. The molecule has 0 saturated carbocycles. The molecule has 7 heteroatoms. The fraction of sp³-hybridized carbons (Fsp3) is 0.462. The summed E-state index contributed by atoms with van der Waals surface area (Å²) in [6.45, 7) is -0.333. The third-order valence-corrected chi connectivity index (χ3v) is 2.42. The number of methoxy groups -OCH3 is 1. The van der Waals surface area contributed by atoms with E-state index >= 15 is 0 Å². The maximum Gasteiger partial charge on any atom is 0.387 e. The lowest BCUT2D eigenvalue weighted by Crippen LogP contribution is -2.40. The Bertz CT molecular complexity index is 441. The summed E-state index contributed by atoms with van der Waals surface area (Å²) in [6.07, 6.45) is 0. The topological polar surface area (TPSA) is 68.9 Å². The highest BCUT2D eigenvalue weighted by molar-refractivity contribution is 5.78. The Hall–Kier alpha value is -1.89. The highest BCUT2D eigenvalue weighted by Gasteiger charge is 2.09. The average Bonchev–Trinajstić information content (AvgIpc) is 2.37. The van der Waals surface area contributed by atoms with Crippen molar-refractivity contribution in [2.24, 2.45) is 10.7 Å². The summed E-state index contributed by atoms with van der Waals surface area (Å²) in [7, 11) is 1.59. The number of guanidine groups is 1. The van der Waals surface area contributed by atoms with Crippen molar-refractivity contribution in [3.8, 4) is 5.75 Å². The Balaban J connectivity index is 2.64. The molecule has 0 aliphatic rings. The van der Waals surface area contributed by atoms with Crippen LogP contribution in [0.5, 0.6) is 5.75 Å². The van der Waals surface area contributed by atoms with Gasteiger partial charge in [0, 0.05) is 18.7 Å². The minimum absolute atomic E-state index is 0.0105. The summed E-state index contributed by atoms with van der Waals surface area (Å²) >= 11 is 0. The van der Waals surface area contributed by atoms with Gasteiger partial charge in [0.05, 0.1) is 13.2 Å². The Morgan fingerprint density at radius 2 is 2.10 bits per heavy atom. The van der Waals surface area contributed by atoms with Crippen molar-refractivity contribution < 1.29 is 18.3 Å². The van der Waals surface area contributed by atoms with Gasteiger partial charge in [0.2, 0.25) is 0 Å². The molecule has 0 amide bonds. The molecule has 0 aliphatic carbocycles. The molecule has 112 valence electrons. The van der Waals surface area contributed by atoms with Gasteiger partial charge in [0.1, 0.15) is 5.75 Å². The van der Waals surface area contributed by atoms with Gasteiger partial charge < -0.3 is 20.5 Å². The van der Waals surface area contributed by atoms with E-state index in [1.54, 1.807) is 25.3 Å². The number of aliphatic imine (C=N–C) groups is 1. The van der Waals surface area contributed by atoms with Crippen LogP contribution in [0.4, 0.5) is 8.78 Å². The number of para-hydroxylation sites is 1. The number of ether oxygens (including phenoxy) is 2. The van der Waals surface area contributed by atoms with Gasteiger partial charge >= 0.3 is 6.61 Å². The van der Waals surface area contributed by atoms with Gasteiger partial charge in [-0.1, -0.05) is 18.2 Å². The number of rotatable bonds is 7. The molecule has 0 aromatic heterocycles. The first-order valence-electron chi connectivity index (χ1n) is 6.11. The van der Waals surface area contributed by atoms with Crippen LogP contribution in [-0.4, -0.2) is 32.3 Å². The summed E-state index contributed by atoms with van der Waals surface area (Å²) in [5, 5.41) is 2.93. The molecule has 1 rings (SSSR count). The molecular formula is C13H19F2N3O2. The second-order valence-electron chi connectivity index (χ2n) is 4.19. The van der Waals surface area contributed by atoms with Crippen molar-refractivity contribution in [1.29, 1.82) is 0 Å². The molecule has 0 saturated heterocycles. The minimum Gasteiger partial charge on any atom is -0.434 e. The lowest BCUT2D eigenvalue weighted by molar-refractivity contribution is -0.0504. The molecule has 1 aromatic carbocycles. The molecular weight excluding hydrogens is 268 g/mol. The fourth-order valence-electron chi connectivity index (χ4n) is 1.61. The van der Waals surface area contributed by atoms with Gasteiger partial charge in [-0.25, -0.2) is 4.99 Å². The quantitative estimate of drug-likeness (QED) is 0.592. The Kier molecular flexibility index (Phi) is 6.72. The van der Waals surface area contributed by atoms with E-state index in [9.17, 15) is 8.78 Å². The second kappa shape index (κ2) is 8.31. The van der Waals surface area contributed by atoms with Crippen LogP contribution in [0.1, 0.15) is 12.5 Å². The summed E-state index contributed by atoms with van der Waals surface area (Å²) in [6, 6.07) is 6.48. The molecule has 0 aliphatic heterocycles. The van der Waals surface area contributed by atoms with Gasteiger partial charge in [0.15, 0.2) is 5.96 Å². The van der Waals surface area contributed by atoms with Crippen LogP contribution in [0.25, 0.3) is 0 Å². The molecule has 0 heterocycles. The zero-order valence-electron chi connectivity index (χ0n) is 11.5. The first-order chi connectivity index (χ1) is 9.52. The molecule has 0 radical (unpaired) electrons. The number of nitrogens with zero attached hydrogens (tertiary/aromatic N) is 1. The van der Waals surface area contributed by atoms with Crippen molar-refractivity contribution in [3.05, 3.63) is 29.8 Å². The van der Waals surface area contributed by atoms with Crippen LogP contribution in [0, 0.1) is 0 Å². The zero-order valence-corrected chi connectivity index (χ0v) is 11.5. The van der Waals surface area contributed by atoms with Crippen molar-refractivity contribution >= 4 is 5.96 Å². The lowest BCUT2D eigenvalue weighted by atomic mass is 10.2. The van der Waals surface area contributed by atoms with Crippen LogP contribution in [0.3, 0.4) is 0 Å². The molecule has 20 heavy (non-hydrogen) atoms. The largest absolute Gasteiger partial charge is 0.434 e. The predicted molar refractivity (Wildman–Crippen MR) is 72.9 cm³/mol. The number of halogens is 2. The Morgan fingerprint density at radius 3 is 2.75 bits per heavy atom. The fourth-order valence-corrected chi connectivity index (χ4v) is 1.61. The van der Waals surface area contributed by atoms with Crippen LogP contribution in [0.15, 0.2) is 29.3 Å². The number of hydrogen-bond donors (Lipinski definition) is 2. The number of nitrogens with one attached hydrogen (secondary N) is 1. The summed E-state index contributed by atoms with van der Waals surface area (Å²) in [4.78, 5) is 4.09. The number of alkyl halides is 2. The first kappa shape index (κ1) is 16.2. The summed E-state index contributed by atoms with van der Waals surface area (Å²) in [5.41, 5.74) is 6.24.